The molecule has 0 spiro atoms. The highest BCUT2D eigenvalue weighted by atomic mass is 79.9. The lowest BCUT2D eigenvalue weighted by atomic mass is 10.2. The van der Waals surface area contributed by atoms with E-state index in [2.05, 4.69) is 51.5 Å². The Balaban J connectivity index is 2.14. The molecule has 0 bridgehead atoms. The van der Waals surface area contributed by atoms with Crippen LogP contribution in [0.5, 0.6) is 0 Å². The predicted molar refractivity (Wildman–Crippen MR) is 79.2 cm³/mol. The molecular formula is C13H15BrClN3. The summed E-state index contributed by atoms with van der Waals surface area (Å²) in [6.07, 6.45) is 0. The van der Waals surface area contributed by atoms with Gasteiger partial charge in [-0.3, -0.25) is 4.68 Å². The number of nitrogens with zero attached hydrogens (tertiary/aromatic N) is 2. The lowest BCUT2D eigenvalue weighted by molar-refractivity contribution is 0.757. The van der Waals surface area contributed by atoms with Gasteiger partial charge in [0.05, 0.1) is 5.69 Å². The summed E-state index contributed by atoms with van der Waals surface area (Å²) >= 11 is 9.71. The monoisotopic (exact) mass is 327 g/mol. The SMILES string of the molecule is Cc1ccc(NCc2c(C)nn(C)c2Cl)cc1Br. The number of anilines is 1. The van der Waals surface area contributed by atoms with E-state index in [1.54, 1.807) is 4.68 Å². The molecule has 0 aliphatic carbocycles. The average Bonchev–Trinajstić information content (AvgIpc) is 2.56. The van der Waals surface area contributed by atoms with E-state index in [9.17, 15) is 0 Å². The van der Waals surface area contributed by atoms with Crippen molar-refractivity contribution in [1.29, 1.82) is 0 Å². The van der Waals surface area contributed by atoms with Crippen molar-refractivity contribution >= 4 is 33.2 Å². The van der Waals surface area contributed by atoms with E-state index in [1.807, 2.05) is 14.0 Å². The Bertz CT molecular complexity index is 578. The minimum atomic E-state index is 0.675. The maximum Gasteiger partial charge on any atom is 0.131 e. The van der Waals surface area contributed by atoms with Crippen LogP contribution in [0.3, 0.4) is 0 Å². The number of halogens is 2. The van der Waals surface area contributed by atoms with Crippen LogP contribution in [0.15, 0.2) is 22.7 Å². The van der Waals surface area contributed by atoms with Gasteiger partial charge in [0, 0.05) is 29.3 Å². The van der Waals surface area contributed by atoms with Crippen LogP contribution in [0.4, 0.5) is 5.69 Å². The van der Waals surface area contributed by atoms with Gasteiger partial charge in [-0.25, -0.2) is 0 Å². The van der Waals surface area contributed by atoms with Crippen LogP contribution in [-0.2, 0) is 13.6 Å². The lowest BCUT2D eigenvalue weighted by Gasteiger charge is -2.08. The summed E-state index contributed by atoms with van der Waals surface area (Å²) in [7, 11) is 1.85. The number of nitrogens with one attached hydrogen (secondary N) is 1. The van der Waals surface area contributed by atoms with Crippen molar-refractivity contribution in [2.45, 2.75) is 20.4 Å². The van der Waals surface area contributed by atoms with Crippen LogP contribution in [0.2, 0.25) is 5.15 Å². The minimum Gasteiger partial charge on any atom is -0.381 e. The van der Waals surface area contributed by atoms with Crippen molar-refractivity contribution in [3.05, 3.63) is 44.6 Å². The van der Waals surface area contributed by atoms with Gasteiger partial charge in [-0.1, -0.05) is 33.6 Å². The fraction of sp³-hybridized carbons (Fsp3) is 0.308. The van der Waals surface area contributed by atoms with E-state index in [0.29, 0.717) is 11.7 Å². The summed E-state index contributed by atoms with van der Waals surface area (Å²) in [6.45, 7) is 4.71. The van der Waals surface area contributed by atoms with Crippen molar-refractivity contribution < 1.29 is 0 Å². The molecule has 18 heavy (non-hydrogen) atoms. The Morgan fingerprint density at radius 2 is 2.11 bits per heavy atom. The zero-order chi connectivity index (χ0) is 13.3. The first-order chi connectivity index (χ1) is 8.49. The Hall–Kier alpha value is -1.000. The number of aryl methyl sites for hydroxylation is 3. The zero-order valence-electron chi connectivity index (χ0n) is 10.6. The summed E-state index contributed by atoms with van der Waals surface area (Å²) in [6, 6.07) is 6.19. The van der Waals surface area contributed by atoms with Gasteiger partial charge < -0.3 is 5.32 Å². The maximum absolute atomic E-state index is 6.19. The van der Waals surface area contributed by atoms with Gasteiger partial charge in [-0.15, -0.1) is 0 Å². The first kappa shape index (κ1) is 13.4. The molecule has 1 aromatic carbocycles. The highest BCUT2D eigenvalue weighted by molar-refractivity contribution is 9.10. The maximum atomic E-state index is 6.19. The van der Waals surface area contributed by atoms with Gasteiger partial charge in [0.1, 0.15) is 5.15 Å². The third kappa shape index (κ3) is 2.70. The Morgan fingerprint density at radius 1 is 1.39 bits per heavy atom. The molecule has 1 N–H and O–H groups in total. The highest BCUT2D eigenvalue weighted by Gasteiger charge is 2.10. The first-order valence-electron chi connectivity index (χ1n) is 5.67. The van der Waals surface area contributed by atoms with Gasteiger partial charge >= 0.3 is 0 Å². The van der Waals surface area contributed by atoms with E-state index in [1.165, 1.54) is 5.56 Å². The molecule has 2 aromatic rings. The zero-order valence-corrected chi connectivity index (χ0v) is 12.9. The topological polar surface area (TPSA) is 29.9 Å². The smallest absolute Gasteiger partial charge is 0.131 e. The second-order valence-electron chi connectivity index (χ2n) is 4.30. The van der Waals surface area contributed by atoms with E-state index in [0.717, 1.165) is 21.4 Å². The molecule has 0 saturated carbocycles. The number of hydrogen-bond acceptors (Lipinski definition) is 2. The van der Waals surface area contributed by atoms with Crippen molar-refractivity contribution in [3.63, 3.8) is 0 Å². The molecule has 0 aliphatic rings. The standard InChI is InChI=1S/C13H15BrClN3/c1-8-4-5-10(6-12(8)14)16-7-11-9(2)17-18(3)13(11)15/h4-6,16H,7H2,1-3H3. The Kier molecular flexibility index (Phi) is 3.97. The van der Waals surface area contributed by atoms with Gasteiger partial charge in [0.15, 0.2) is 0 Å². The first-order valence-corrected chi connectivity index (χ1v) is 6.84. The molecule has 0 radical (unpaired) electrons. The summed E-state index contributed by atoms with van der Waals surface area (Å²) < 4.78 is 2.79. The van der Waals surface area contributed by atoms with Crippen LogP contribution in [-0.4, -0.2) is 9.78 Å². The highest BCUT2D eigenvalue weighted by Crippen LogP contribution is 2.23. The van der Waals surface area contributed by atoms with Crippen LogP contribution in [0.1, 0.15) is 16.8 Å². The van der Waals surface area contributed by atoms with Crippen molar-refractivity contribution in [2.75, 3.05) is 5.32 Å². The molecule has 0 saturated heterocycles. The quantitative estimate of drug-likeness (QED) is 0.920. The molecular weight excluding hydrogens is 314 g/mol. The third-order valence-corrected chi connectivity index (χ3v) is 4.24. The number of hydrogen-bond donors (Lipinski definition) is 1. The van der Waals surface area contributed by atoms with E-state index >= 15 is 0 Å². The van der Waals surface area contributed by atoms with Gasteiger partial charge in [0.25, 0.3) is 0 Å². The Morgan fingerprint density at radius 3 is 2.67 bits per heavy atom. The predicted octanol–water partition coefficient (Wildman–Crippen LogP) is 4.06. The second-order valence-corrected chi connectivity index (χ2v) is 5.51. The summed E-state index contributed by atoms with van der Waals surface area (Å²) in [4.78, 5) is 0. The van der Waals surface area contributed by atoms with Gasteiger partial charge in [-0.05, 0) is 31.5 Å². The summed E-state index contributed by atoms with van der Waals surface area (Å²) in [5, 5.41) is 8.33. The molecule has 0 fully saturated rings. The molecule has 0 amide bonds. The molecule has 0 aliphatic heterocycles. The molecule has 1 aromatic heterocycles. The third-order valence-electron chi connectivity index (χ3n) is 2.91. The number of benzene rings is 1. The molecule has 3 nitrogen and oxygen atoms in total. The fourth-order valence-electron chi connectivity index (χ4n) is 1.77. The van der Waals surface area contributed by atoms with E-state index in [-0.39, 0.29) is 0 Å². The van der Waals surface area contributed by atoms with Crippen molar-refractivity contribution in [1.82, 2.24) is 9.78 Å². The molecule has 0 unspecified atom stereocenters. The molecule has 96 valence electrons. The molecule has 1 heterocycles. The molecule has 5 heteroatoms. The van der Waals surface area contributed by atoms with E-state index in [4.69, 9.17) is 11.6 Å². The fourth-order valence-corrected chi connectivity index (χ4v) is 2.39. The van der Waals surface area contributed by atoms with E-state index < -0.39 is 0 Å². The normalized spacial score (nSPS) is 10.7. The van der Waals surface area contributed by atoms with Crippen LogP contribution < -0.4 is 5.32 Å². The van der Waals surface area contributed by atoms with Gasteiger partial charge in [-0.2, -0.15) is 5.10 Å². The number of aromatic nitrogens is 2. The second kappa shape index (κ2) is 5.33. The summed E-state index contributed by atoms with van der Waals surface area (Å²) in [5.41, 5.74) is 4.28. The largest absolute Gasteiger partial charge is 0.381 e. The Labute approximate surface area is 120 Å². The van der Waals surface area contributed by atoms with Gasteiger partial charge in [0.2, 0.25) is 0 Å². The number of rotatable bonds is 3. The van der Waals surface area contributed by atoms with Crippen molar-refractivity contribution in [3.8, 4) is 0 Å². The summed E-state index contributed by atoms with van der Waals surface area (Å²) in [5.74, 6) is 0. The van der Waals surface area contributed by atoms with Crippen LogP contribution >= 0.6 is 27.5 Å². The molecule has 2 rings (SSSR count). The minimum absolute atomic E-state index is 0.675. The van der Waals surface area contributed by atoms with Crippen LogP contribution in [0, 0.1) is 13.8 Å². The molecule has 0 atom stereocenters. The van der Waals surface area contributed by atoms with Crippen LogP contribution in [0.25, 0.3) is 0 Å². The average molecular weight is 329 g/mol. The lowest BCUT2D eigenvalue weighted by Crippen LogP contribution is -2.01. The van der Waals surface area contributed by atoms with Crippen molar-refractivity contribution in [2.24, 2.45) is 7.05 Å².